The molecule has 6 heteroatoms. The molecule has 2 rings (SSSR count). The largest absolute Gasteiger partial charge is 0.399 e. The van der Waals surface area contributed by atoms with Gasteiger partial charge in [0.25, 0.3) is 5.91 Å². The maximum Gasteiger partial charge on any atom is 0.251 e. The van der Waals surface area contributed by atoms with Crippen LogP contribution in [0.15, 0.2) is 48.5 Å². The molecule has 0 aliphatic heterocycles. The van der Waals surface area contributed by atoms with Crippen LogP contribution in [-0.4, -0.2) is 32.1 Å². The lowest BCUT2D eigenvalue weighted by Gasteiger charge is -2.08. The van der Waals surface area contributed by atoms with E-state index in [-0.39, 0.29) is 11.8 Å². The van der Waals surface area contributed by atoms with Gasteiger partial charge in [-0.3, -0.25) is 9.59 Å². The predicted octanol–water partition coefficient (Wildman–Crippen LogP) is 2.22. The summed E-state index contributed by atoms with van der Waals surface area (Å²) in [4.78, 5) is 24.1. The Balaban J connectivity index is 1.86. The quantitative estimate of drug-likeness (QED) is 0.507. The van der Waals surface area contributed by atoms with E-state index in [0.717, 1.165) is 5.56 Å². The Bertz CT molecular complexity index is 714. The molecule has 0 bridgehead atoms. The van der Waals surface area contributed by atoms with Crippen molar-refractivity contribution >= 4 is 23.2 Å². The Labute approximate surface area is 147 Å². The number of nitrogens with two attached hydrogens (primary N) is 1. The Morgan fingerprint density at radius 3 is 2.60 bits per heavy atom. The number of nitrogen functional groups attached to an aromatic ring is 1. The van der Waals surface area contributed by atoms with E-state index in [1.54, 1.807) is 31.4 Å². The third-order valence-electron chi connectivity index (χ3n) is 3.62. The molecule has 0 atom stereocenters. The van der Waals surface area contributed by atoms with Gasteiger partial charge in [0, 0.05) is 37.0 Å². The van der Waals surface area contributed by atoms with Crippen LogP contribution in [0.2, 0.25) is 0 Å². The van der Waals surface area contributed by atoms with Crippen molar-refractivity contribution in [3.8, 4) is 0 Å². The van der Waals surface area contributed by atoms with Crippen molar-refractivity contribution in [2.45, 2.75) is 12.8 Å². The van der Waals surface area contributed by atoms with E-state index in [0.29, 0.717) is 42.9 Å². The number of hydrogen-bond donors (Lipinski definition) is 3. The van der Waals surface area contributed by atoms with E-state index in [2.05, 4.69) is 10.6 Å². The van der Waals surface area contributed by atoms with Gasteiger partial charge in [-0.25, -0.2) is 0 Å². The number of methoxy groups -OCH3 is 1. The zero-order chi connectivity index (χ0) is 18.1. The van der Waals surface area contributed by atoms with Crippen LogP contribution in [0, 0.1) is 0 Å². The molecule has 0 unspecified atom stereocenters. The van der Waals surface area contributed by atoms with Crippen molar-refractivity contribution in [2.75, 3.05) is 31.3 Å². The van der Waals surface area contributed by atoms with E-state index in [9.17, 15) is 9.59 Å². The van der Waals surface area contributed by atoms with Crippen molar-refractivity contribution in [3.63, 3.8) is 0 Å². The third kappa shape index (κ3) is 6.27. The molecule has 4 N–H and O–H groups in total. The van der Waals surface area contributed by atoms with Gasteiger partial charge in [-0.2, -0.15) is 0 Å². The molecule has 2 amide bonds. The highest BCUT2D eigenvalue weighted by molar-refractivity contribution is 5.97. The van der Waals surface area contributed by atoms with Gasteiger partial charge in [0.15, 0.2) is 0 Å². The summed E-state index contributed by atoms with van der Waals surface area (Å²) in [5.74, 6) is -0.302. The van der Waals surface area contributed by atoms with Gasteiger partial charge in [-0.1, -0.05) is 18.2 Å². The molecular formula is C19H23N3O3. The predicted molar refractivity (Wildman–Crippen MR) is 98.5 cm³/mol. The fraction of sp³-hybridized carbons (Fsp3) is 0.263. The summed E-state index contributed by atoms with van der Waals surface area (Å²) in [5, 5.41) is 5.56. The van der Waals surface area contributed by atoms with Crippen LogP contribution < -0.4 is 16.4 Å². The average molecular weight is 341 g/mol. The van der Waals surface area contributed by atoms with Crippen LogP contribution in [0.25, 0.3) is 0 Å². The Hall–Kier alpha value is -2.86. The zero-order valence-corrected chi connectivity index (χ0v) is 14.2. The van der Waals surface area contributed by atoms with E-state index >= 15 is 0 Å². The van der Waals surface area contributed by atoms with Gasteiger partial charge < -0.3 is 21.1 Å². The minimum Gasteiger partial charge on any atom is -0.399 e. The highest BCUT2D eigenvalue weighted by Gasteiger charge is 2.08. The lowest BCUT2D eigenvalue weighted by atomic mass is 10.1. The van der Waals surface area contributed by atoms with Gasteiger partial charge in [0.2, 0.25) is 5.91 Å². The van der Waals surface area contributed by atoms with E-state index in [1.807, 2.05) is 24.3 Å². The summed E-state index contributed by atoms with van der Waals surface area (Å²) >= 11 is 0. The van der Waals surface area contributed by atoms with Gasteiger partial charge in [-0.15, -0.1) is 0 Å². The number of aryl methyl sites for hydroxylation is 1. The van der Waals surface area contributed by atoms with Crippen LogP contribution >= 0.6 is 0 Å². The first-order valence-corrected chi connectivity index (χ1v) is 8.10. The summed E-state index contributed by atoms with van der Waals surface area (Å²) in [6.07, 6.45) is 0.984. The Morgan fingerprint density at radius 2 is 1.88 bits per heavy atom. The maximum absolute atomic E-state index is 12.1. The Kier molecular flexibility index (Phi) is 6.98. The van der Waals surface area contributed by atoms with Crippen molar-refractivity contribution in [2.24, 2.45) is 0 Å². The van der Waals surface area contributed by atoms with Crippen molar-refractivity contribution in [3.05, 3.63) is 59.7 Å². The molecule has 0 aliphatic carbocycles. The standard InChI is InChI=1S/C19H23N3O3/c1-25-12-11-21-19(24)15-3-2-4-17(13-15)22-18(23)10-7-14-5-8-16(20)9-6-14/h2-6,8-9,13H,7,10-12,20H2,1H3,(H,21,24)(H,22,23). The van der Waals surface area contributed by atoms with Crippen molar-refractivity contribution in [1.29, 1.82) is 0 Å². The number of hydrogen-bond acceptors (Lipinski definition) is 4. The molecule has 2 aromatic carbocycles. The topological polar surface area (TPSA) is 93.5 Å². The van der Waals surface area contributed by atoms with Crippen LogP contribution in [0.4, 0.5) is 11.4 Å². The molecule has 0 spiro atoms. The van der Waals surface area contributed by atoms with Crippen LogP contribution in [0.3, 0.4) is 0 Å². The summed E-state index contributed by atoms with van der Waals surface area (Å²) in [6.45, 7) is 0.890. The normalized spacial score (nSPS) is 10.3. The highest BCUT2D eigenvalue weighted by atomic mass is 16.5. The lowest BCUT2D eigenvalue weighted by molar-refractivity contribution is -0.116. The lowest BCUT2D eigenvalue weighted by Crippen LogP contribution is -2.27. The number of carbonyl (C=O) groups excluding carboxylic acids is 2. The fourth-order valence-electron chi connectivity index (χ4n) is 2.27. The fourth-order valence-corrected chi connectivity index (χ4v) is 2.27. The molecule has 0 saturated heterocycles. The molecule has 25 heavy (non-hydrogen) atoms. The molecule has 0 fully saturated rings. The second-order valence-electron chi connectivity index (χ2n) is 5.62. The molecule has 0 radical (unpaired) electrons. The van der Waals surface area contributed by atoms with E-state index < -0.39 is 0 Å². The first kappa shape index (κ1) is 18.5. The Morgan fingerprint density at radius 1 is 1.12 bits per heavy atom. The number of rotatable bonds is 8. The maximum atomic E-state index is 12.1. The minimum absolute atomic E-state index is 0.103. The van der Waals surface area contributed by atoms with Crippen molar-refractivity contribution in [1.82, 2.24) is 5.32 Å². The molecule has 6 nitrogen and oxygen atoms in total. The van der Waals surface area contributed by atoms with Crippen LogP contribution in [0.5, 0.6) is 0 Å². The number of benzene rings is 2. The van der Waals surface area contributed by atoms with Crippen LogP contribution in [0.1, 0.15) is 22.3 Å². The number of anilines is 2. The first-order chi connectivity index (χ1) is 12.1. The number of carbonyl (C=O) groups is 2. The molecule has 0 aliphatic rings. The SMILES string of the molecule is COCCNC(=O)c1cccc(NC(=O)CCc2ccc(N)cc2)c1. The molecule has 0 aromatic heterocycles. The van der Waals surface area contributed by atoms with Gasteiger partial charge in [0.05, 0.1) is 6.61 Å². The summed E-state index contributed by atoms with van der Waals surface area (Å²) in [7, 11) is 1.58. The molecular weight excluding hydrogens is 318 g/mol. The summed E-state index contributed by atoms with van der Waals surface area (Å²) in [5.41, 5.74) is 8.49. The zero-order valence-electron chi connectivity index (χ0n) is 14.2. The first-order valence-electron chi connectivity index (χ1n) is 8.10. The van der Waals surface area contributed by atoms with Gasteiger partial charge in [-0.05, 0) is 42.3 Å². The second-order valence-corrected chi connectivity index (χ2v) is 5.62. The molecule has 0 heterocycles. The molecule has 132 valence electrons. The monoisotopic (exact) mass is 341 g/mol. The minimum atomic E-state index is -0.199. The number of nitrogens with one attached hydrogen (secondary N) is 2. The second kappa shape index (κ2) is 9.44. The van der Waals surface area contributed by atoms with Gasteiger partial charge >= 0.3 is 0 Å². The van der Waals surface area contributed by atoms with E-state index in [4.69, 9.17) is 10.5 Å². The average Bonchev–Trinajstić information content (AvgIpc) is 2.61. The smallest absolute Gasteiger partial charge is 0.251 e. The van der Waals surface area contributed by atoms with Crippen molar-refractivity contribution < 1.29 is 14.3 Å². The number of amides is 2. The van der Waals surface area contributed by atoms with E-state index in [1.165, 1.54) is 0 Å². The third-order valence-corrected chi connectivity index (χ3v) is 3.62. The molecule has 2 aromatic rings. The highest BCUT2D eigenvalue weighted by Crippen LogP contribution is 2.12. The van der Waals surface area contributed by atoms with Gasteiger partial charge in [0.1, 0.15) is 0 Å². The number of ether oxygens (including phenoxy) is 1. The summed E-state index contributed by atoms with van der Waals surface area (Å²) in [6, 6.07) is 14.3. The molecule has 0 saturated carbocycles. The van der Waals surface area contributed by atoms with Crippen LogP contribution in [-0.2, 0) is 16.0 Å². The summed E-state index contributed by atoms with van der Waals surface area (Å²) < 4.78 is 4.90.